The summed E-state index contributed by atoms with van der Waals surface area (Å²) in [5.41, 5.74) is 16.4. The lowest BCUT2D eigenvalue weighted by molar-refractivity contribution is -0.137. The molecule has 2 unspecified atom stereocenters. The van der Waals surface area contributed by atoms with Gasteiger partial charge in [0.1, 0.15) is 11.6 Å². The van der Waals surface area contributed by atoms with Crippen LogP contribution in [0.2, 0.25) is 0 Å². The first-order valence-corrected chi connectivity index (χ1v) is 20.4. The second kappa shape index (κ2) is 15.9. The normalized spacial score (nSPS) is 21.7. The Morgan fingerprint density at radius 3 is 2.40 bits per heavy atom. The van der Waals surface area contributed by atoms with Crippen LogP contribution in [-0.2, 0) is 21.9 Å². The van der Waals surface area contributed by atoms with Gasteiger partial charge in [-0.3, -0.25) is 9.59 Å². The fourth-order valence-electron chi connectivity index (χ4n) is 7.72. The van der Waals surface area contributed by atoms with Crippen molar-refractivity contribution in [2.75, 3.05) is 13.1 Å². The molecule has 58 heavy (non-hydrogen) atoms. The van der Waals surface area contributed by atoms with Crippen molar-refractivity contribution in [1.82, 2.24) is 29.7 Å². The van der Waals surface area contributed by atoms with E-state index in [1.165, 1.54) is 6.08 Å². The van der Waals surface area contributed by atoms with Crippen molar-refractivity contribution < 1.29 is 18.4 Å². The number of fused-ring (bicyclic) bond motifs is 2. The number of hydrogen-bond acceptors (Lipinski definition) is 6. The van der Waals surface area contributed by atoms with Crippen LogP contribution in [0.1, 0.15) is 101 Å². The molecule has 2 aromatic carbocycles. The van der Waals surface area contributed by atoms with Crippen LogP contribution >= 0.6 is 0 Å². The van der Waals surface area contributed by atoms with Crippen LogP contribution < -0.4 is 11.5 Å². The molecule has 12 heteroatoms. The molecule has 0 bridgehead atoms. The highest BCUT2D eigenvalue weighted by Gasteiger charge is 2.43. The summed E-state index contributed by atoms with van der Waals surface area (Å²) in [7, 11) is 0. The topological polar surface area (TPSA) is 150 Å². The molecule has 4 aromatic rings. The van der Waals surface area contributed by atoms with Gasteiger partial charge < -0.3 is 31.2 Å². The second-order valence-electron chi connectivity index (χ2n) is 17.4. The Morgan fingerprint density at radius 1 is 0.983 bits per heavy atom. The average molecular weight is 791 g/mol. The average Bonchev–Trinajstić information content (AvgIpc) is 3.54. The molecule has 1 saturated carbocycles. The zero-order chi connectivity index (χ0) is 41.7. The van der Waals surface area contributed by atoms with Crippen molar-refractivity contribution in [3.8, 4) is 11.1 Å². The maximum atomic E-state index is 16.6. The van der Waals surface area contributed by atoms with E-state index in [0.717, 1.165) is 23.9 Å². The predicted molar refractivity (Wildman–Crippen MR) is 225 cm³/mol. The van der Waals surface area contributed by atoms with E-state index >= 15 is 8.78 Å². The molecule has 2 amide bonds. The fourth-order valence-corrected chi connectivity index (χ4v) is 7.72. The quantitative estimate of drug-likeness (QED) is 0.112. The molecule has 10 nitrogen and oxygen atoms in total. The lowest BCUT2D eigenvalue weighted by Gasteiger charge is -2.34. The van der Waals surface area contributed by atoms with Crippen LogP contribution in [0, 0.1) is 17.3 Å². The second-order valence-corrected chi connectivity index (χ2v) is 17.4. The number of H-pyrrole nitrogens is 2. The first-order chi connectivity index (χ1) is 27.5. The van der Waals surface area contributed by atoms with Gasteiger partial charge in [0, 0.05) is 36.0 Å². The van der Waals surface area contributed by atoms with Gasteiger partial charge in [-0.1, -0.05) is 83.7 Å². The number of carbonyl (C=O) groups is 2. The molecule has 6 N–H and O–H groups in total. The van der Waals surface area contributed by atoms with Crippen molar-refractivity contribution in [1.29, 1.82) is 0 Å². The van der Waals surface area contributed by atoms with Crippen molar-refractivity contribution in [2.45, 2.75) is 97.3 Å². The number of nitrogens with two attached hydrogens (primary N) is 2. The molecule has 0 radical (unpaired) electrons. The molecule has 1 fully saturated rings. The molecule has 2 aromatic heterocycles. The number of benzene rings is 2. The number of allylic oxidation sites excluding steroid dienone is 5. The van der Waals surface area contributed by atoms with Crippen LogP contribution in [0.5, 0.6) is 0 Å². The van der Waals surface area contributed by atoms with Gasteiger partial charge in [0.05, 0.1) is 40.9 Å². The highest BCUT2D eigenvalue weighted by Crippen LogP contribution is 2.47. The third-order valence-corrected chi connectivity index (χ3v) is 12.2. The van der Waals surface area contributed by atoms with Gasteiger partial charge in [0.25, 0.3) is 5.92 Å². The van der Waals surface area contributed by atoms with Crippen molar-refractivity contribution in [3.05, 3.63) is 114 Å². The Kier molecular flexibility index (Phi) is 11.2. The van der Waals surface area contributed by atoms with Gasteiger partial charge in [0.15, 0.2) is 0 Å². The summed E-state index contributed by atoms with van der Waals surface area (Å²) in [5.74, 6) is -2.46. The summed E-state index contributed by atoms with van der Waals surface area (Å²) in [4.78, 5) is 46.8. The monoisotopic (exact) mass is 790 g/mol. The number of amides is 2. The van der Waals surface area contributed by atoms with E-state index < -0.39 is 24.0 Å². The number of alkyl halides is 2. The minimum absolute atomic E-state index is 0.00489. The number of carbonyl (C=O) groups excluding carboxylic acids is 2. The number of rotatable bonds is 11. The Hall–Kier alpha value is -5.20. The maximum absolute atomic E-state index is 16.6. The van der Waals surface area contributed by atoms with Gasteiger partial charge in [-0.15, -0.1) is 0 Å². The fraction of sp³-hybridized carbons (Fsp3) is 0.435. The first-order valence-electron chi connectivity index (χ1n) is 20.4. The van der Waals surface area contributed by atoms with Gasteiger partial charge in [0.2, 0.25) is 11.8 Å². The van der Waals surface area contributed by atoms with Gasteiger partial charge in [-0.05, 0) is 90.8 Å². The summed E-state index contributed by atoms with van der Waals surface area (Å²) in [6.07, 6.45) is 13.7. The Bertz CT molecular complexity index is 2310. The summed E-state index contributed by atoms with van der Waals surface area (Å²) in [6.45, 7) is 16.7. The molecule has 3 aliphatic rings. The Balaban J connectivity index is 1.14. The van der Waals surface area contributed by atoms with E-state index in [1.807, 2.05) is 82.0 Å². The lowest BCUT2D eigenvalue weighted by Crippen LogP contribution is -2.49. The largest absolute Gasteiger partial charge is 0.346 e. The maximum Gasteiger partial charge on any atom is 0.298 e. The van der Waals surface area contributed by atoms with E-state index in [2.05, 4.69) is 23.5 Å². The van der Waals surface area contributed by atoms with Crippen molar-refractivity contribution in [3.63, 3.8) is 0 Å². The van der Waals surface area contributed by atoms with E-state index in [0.29, 0.717) is 59.1 Å². The molecule has 2 aliphatic carbocycles. The highest BCUT2D eigenvalue weighted by molar-refractivity contribution is 5.85. The first kappa shape index (κ1) is 41.0. The molecule has 7 rings (SSSR count). The molecule has 0 saturated heterocycles. The summed E-state index contributed by atoms with van der Waals surface area (Å²) >= 11 is 0. The van der Waals surface area contributed by atoms with Gasteiger partial charge in [-0.2, -0.15) is 8.78 Å². The Morgan fingerprint density at radius 2 is 1.69 bits per heavy atom. The molecule has 0 spiro atoms. The van der Waals surface area contributed by atoms with E-state index in [-0.39, 0.29) is 52.7 Å². The third-order valence-electron chi connectivity index (χ3n) is 12.2. The molecular formula is C46H56F2N8O2. The molecule has 4 atom stereocenters. The summed E-state index contributed by atoms with van der Waals surface area (Å²) < 4.78 is 33.2. The summed E-state index contributed by atoms with van der Waals surface area (Å²) in [6, 6.07) is 8.85. The SMILES string of the molecule is C=C1/C=C(c2c[nH]c([C@H](C)N(CC3(C)CC3)C(=O)C(N)C(C)C)n2)\C=C/Cc2ccc(-c3ccc4nc([C@@H]5CC=CCN5C(=O)C(N)C(C)C)[nH]c4c3)cc2C1(F)F. The minimum Gasteiger partial charge on any atom is -0.346 e. The molecule has 306 valence electrons. The van der Waals surface area contributed by atoms with Crippen LogP contribution in [0.4, 0.5) is 8.78 Å². The van der Waals surface area contributed by atoms with Gasteiger partial charge >= 0.3 is 0 Å². The predicted octanol–water partition coefficient (Wildman–Crippen LogP) is 8.28. The van der Waals surface area contributed by atoms with Crippen molar-refractivity contribution in [2.24, 2.45) is 28.7 Å². The number of halogens is 2. The zero-order valence-electron chi connectivity index (χ0n) is 34.4. The molecular weight excluding hydrogens is 735 g/mol. The van der Waals surface area contributed by atoms with E-state index in [9.17, 15) is 9.59 Å². The highest BCUT2D eigenvalue weighted by atomic mass is 19.3. The van der Waals surface area contributed by atoms with Crippen molar-refractivity contribution >= 4 is 28.4 Å². The molecule has 3 heterocycles. The Labute approximate surface area is 339 Å². The zero-order valence-corrected chi connectivity index (χ0v) is 34.4. The van der Waals surface area contributed by atoms with Gasteiger partial charge in [-0.25, -0.2) is 9.97 Å². The van der Waals surface area contributed by atoms with E-state index in [1.54, 1.807) is 29.3 Å². The minimum atomic E-state index is -3.39. The number of hydrogen-bond donors (Lipinski definition) is 4. The smallest absolute Gasteiger partial charge is 0.298 e. The summed E-state index contributed by atoms with van der Waals surface area (Å²) in [5, 5.41) is 0. The number of nitrogens with zero attached hydrogens (tertiary/aromatic N) is 4. The number of aromatic nitrogens is 4. The molecule has 1 aliphatic heterocycles. The van der Waals surface area contributed by atoms with Crippen LogP contribution in [0.15, 0.2) is 85.1 Å². The number of nitrogens with one attached hydrogen (secondary N) is 2. The van der Waals surface area contributed by atoms with Crippen LogP contribution in [-0.4, -0.2) is 66.7 Å². The third kappa shape index (κ3) is 8.09. The van der Waals surface area contributed by atoms with Crippen LogP contribution in [0.3, 0.4) is 0 Å². The van der Waals surface area contributed by atoms with Crippen LogP contribution in [0.25, 0.3) is 27.7 Å². The van der Waals surface area contributed by atoms with E-state index in [4.69, 9.17) is 21.4 Å². The number of aromatic amines is 2. The lowest BCUT2D eigenvalue weighted by atomic mass is 9.91. The standard InChI is InChI=1S/C46H56F2N8O2/c1-26(2)39(49)43(57)55-20-9-8-13-38(55)42-52-35-17-16-32(23-36(35)53-42)31-15-14-30-11-10-12-33(21-28(5)46(47,48)34(30)22-31)37-24-51-41(54-37)29(6)56(25-45(7)18-19-45)44(58)40(50)27(3)4/h8-10,12,14-17,21-24,26-27,29,38-40H,5,11,13,18-20,25,49-50H2,1-4,6-7H3,(H,51,54)(H,52,53)/b12-10-,33-21+/t29-,38-,39?,40?/m0/s1. The number of imidazole rings is 2.